The Morgan fingerprint density at radius 1 is 1.35 bits per heavy atom. The predicted octanol–water partition coefficient (Wildman–Crippen LogP) is 1.12. The average molecular weight is 283 g/mol. The lowest BCUT2D eigenvalue weighted by Gasteiger charge is -2.24. The van der Waals surface area contributed by atoms with Gasteiger partial charge in [-0.1, -0.05) is 13.8 Å². The molecular formula is C13H25N5O2. The first kappa shape index (κ1) is 16.6. The summed E-state index contributed by atoms with van der Waals surface area (Å²) in [7, 11) is 0. The second kappa shape index (κ2) is 7.98. The molecule has 1 aromatic heterocycles. The van der Waals surface area contributed by atoms with Crippen LogP contribution < -0.4 is 16.6 Å². The van der Waals surface area contributed by atoms with Gasteiger partial charge in [-0.05, 0) is 18.8 Å². The molecule has 0 aliphatic rings. The maximum atomic E-state index is 9.03. The number of nitrogens with two attached hydrogens (primary N) is 1. The van der Waals surface area contributed by atoms with Crippen LogP contribution in [0.5, 0.6) is 0 Å². The lowest BCUT2D eigenvalue weighted by atomic mass is 9.90. The maximum absolute atomic E-state index is 9.03. The Kier molecular flexibility index (Phi) is 6.63. The van der Waals surface area contributed by atoms with Crippen LogP contribution in [0.1, 0.15) is 33.0 Å². The summed E-state index contributed by atoms with van der Waals surface area (Å²) >= 11 is 0. The van der Waals surface area contributed by atoms with Crippen LogP contribution in [-0.2, 0) is 11.3 Å². The van der Waals surface area contributed by atoms with Gasteiger partial charge in [0.25, 0.3) is 0 Å². The summed E-state index contributed by atoms with van der Waals surface area (Å²) in [5, 5.41) is 12.3. The van der Waals surface area contributed by atoms with E-state index in [4.69, 9.17) is 15.7 Å². The van der Waals surface area contributed by atoms with Crippen molar-refractivity contribution in [2.45, 2.75) is 33.8 Å². The zero-order valence-corrected chi connectivity index (χ0v) is 12.4. The molecule has 0 spiro atoms. The number of aliphatic hydroxyl groups excluding tert-OH is 1. The molecule has 0 aliphatic carbocycles. The highest BCUT2D eigenvalue weighted by atomic mass is 16.5. The van der Waals surface area contributed by atoms with E-state index in [9.17, 15) is 0 Å². The number of ether oxygens (including phenoxy) is 1. The van der Waals surface area contributed by atoms with Gasteiger partial charge in [-0.15, -0.1) is 0 Å². The van der Waals surface area contributed by atoms with E-state index in [0.29, 0.717) is 37.2 Å². The number of anilines is 2. The Labute approximate surface area is 119 Å². The van der Waals surface area contributed by atoms with Crippen LogP contribution in [0.25, 0.3) is 0 Å². The highest BCUT2D eigenvalue weighted by Gasteiger charge is 2.17. The monoisotopic (exact) mass is 283 g/mol. The summed E-state index contributed by atoms with van der Waals surface area (Å²) in [6, 6.07) is 1.74. The van der Waals surface area contributed by atoms with Crippen LogP contribution in [0.4, 0.5) is 11.6 Å². The quantitative estimate of drug-likeness (QED) is 0.397. The summed E-state index contributed by atoms with van der Waals surface area (Å²) < 4.78 is 5.30. The highest BCUT2D eigenvalue weighted by molar-refractivity contribution is 5.46. The summed E-state index contributed by atoms with van der Waals surface area (Å²) in [4.78, 5) is 8.59. The van der Waals surface area contributed by atoms with Gasteiger partial charge in [-0.2, -0.15) is 0 Å². The van der Waals surface area contributed by atoms with Crippen molar-refractivity contribution in [3.05, 3.63) is 11.9 Å². The van der Waals surface area contributed by atoms with E-state index in [1.165, 1.54) is 0 Å². The Morgan fingerprint density at radius 3 is 2.65 bits per heavy atom. The first-order valence-electron chi connectivity index (χ1n) is 6.78. The first-order valence-corrected chi connectivity index (χ1v) is 6.78. The van der Waals surface area contributed by atoms with Crippen molar-refractivity contribution in [1.29, 1.82) is 0 Å². The molecule has 0 aromatic carbocycles. The molecule has 1 aromatic rings. The summed E-state index contributed by atoms with van der Waals surface area (Å²) in [6.07, 6.45) is 0.721. The van der Waals surface area contributed by atoms with Crippen molar-refractivity contribution < 1.29 is 9.84 Å². The van der Waals surface area contributed by atoms with Gasteiger partial charge in [0.15, 0.2) is 5.82 Å². The Hall–Kier alpha value is -1.44. The molecule has 0 saturated heterocycles. The Bertz CT molecular complexity index is 412. The molecular weight excluding hydrogens is 258 g/mol. The van der Waals surface area contributed by atoms with Gasteiger partial charge in [-0.3, -0.25) is 0 Å². The molecule has 0 amide bonds. The topological polar surface area (TPSA) is 105 Å². The fourth-order valence-electron chi connectivity index (χ4n) is 1.64. The van der Waals surface area contributed by atoms with E-state index in [1.54, 1.807) is 6.07 Å². The fourth-order valence-corrected chi connectivity index (χ4v) is 1.64. The molecule has 0 unspecified atom stereocenters. The minimum Gasteiger partial charge on any atom is -0.396 e. The highest BCUT2D eigenvalue weighted by Crippen LogP contribution is 2.21. The smallest absolute Gasteiger partial charge is 0.158 e. The molecule has 7 nitrogen and oxygen atoms in total. The largest absolute Gasteiger partial charge is 0.396 e. The normalized spacial score (nSPS) is 11.4. The fraction of sp³-hybridized carbons (Fsp3) is 0.692. The maximum Gasteiger partial charge on any atom is 0.158 e. The molecule has 20 heavy (non-hydrogen) atoms. The lowest BCUT2D eigenvalue weighted by molar-refractivity contribution is 0.128. The van der Waals surface area contributed by atoms with Gasteiger partial charge in [0.1, 0.15) is 18.2 Å². The van der Waals surface area contributed by atoms with E-state index in [0.717, 1.165) is 6.42 Å². The minimum atomic E-state index is -0.0178. The van der Waals surface area contributed by atoms with E-state index >= 15 is 0 Å². The first-order chi connectivity index (χ1) is 9.50. The molecule has 1 heterocycles. The zero-order chi connectivity index (χ0) is 15.0. The van der Waals surface area contributed by atoms with Crippen LogP contribution in [0, 0.1) is 5.41 Å². The average Bonchev–Trinajstić information content (AvgIpc) is 2.43. The van der Waals surface area contributed by atoms with E-state index < -0.39 is 0 Å². The molecule has 1 rings (SSSR count). The summed E-state index contributed by atoms with van der Waals surface area (Å²) in [5.41, 5.74) is 2.50. The number of nitrogens with one attached hydrogen (secondary N) is 2. The SMILES string of the molecule is CCOCc1nc(NN)cc(NCC(C)(C)CCO)n1. The standard InChI is InChI=1S/C13H25N5O2/c1-4-20-8-12-16-10(7-11(17-12)18-14)15-9-13(2,3)5-6-19/h7,19H,4-6,8-9,14H2,1-3H3,(H2,15,16,17,18). The number of aliphatic hydroxyl groups is 1. The number of rotatable bonds is 9. The second-order valence-electron chi connectivity index (χ2n) is 5.33. The number of nitrogens with zero attached hydrogens (tertiary/aromatic N) is 2. The van der Waals surface area contributed by atoms with Crippen molar-refractivity contribution in [1.82, 2.24) is 9.97 Å². The number of hydrogen-bond acceptors (Lipinski definition) is 7. The van der Waals surface area contributed by atoms with Gasteiger partial charge < -0.3 is 20.6 Å². The third-order valence-corrected chi connectivity index (χ3v) is 2.89. The molecule has 5 N–H and O–H groups in total. The summed E-state index contributed by atoms with van der Waals surface area (Å²) in [5.74, 6) is 7.21. The molecule has 0 saturated carbocycles. The minimum absolute atomic E-state index is 0.0178. The van der Waals surface area contributed by atoms with Crippen molar-refractivity contribution in [3.63, 3.8) is 0 Å². The molecule has 0 aliphatic heterocycles. The van der Waals surface area contributed by atoms with Crippen LogP contribution in [-0.4, -0.2) is 34.8 Å². The van der Waals surface area contributed by atoms with Crippen LogP contribution >= 0.6 is 0 Å². The van der Waals surface area contributed by atoms with E-state index in [-0.39, 0.29) is 12.0 Å². The molecule has 0 radical (unpaired) electrons. The lowest BCUT2D eigenvalue weighted by Crippen LogP contribution is -2.25. The molecule has 0 bridgehead atoms. The van der Waals surface area contributed by atoms with Gasteiger partial charge in [0.2, 0.25) is 0 Å². The van der Waals surface area contributed by atoms with Gasteiger partial charge in [-0.25, -0.2) is 15.8 Å². The predicted molar refractivity (Wildman–Crippen MR) is 79.1 cm³/mol. The Balaban J connectivity index is 2.73. The van der Waals surface area contributed by atoms with E-state index in [2.05, 4.69) is 34.6 Å². The Morgan fingerprint density at radius 2 is 2.05 bits per heavy atom. The van der Waals surface area contributed by atoms with Crippen LogP contribution in [0.15, 0.2) is 6.07 Å². The second-order valence-corrected chi connectivity index (χ2v) is 5.33. The summed E-state index contributed by atoms with van der Waals surface area (Å²) in [6.45, 7) is 7.91. The number of hydrazine groups is 1. The zero-order valence-electron chi connectivity index (χ0n) is 12.4. The van der Waals surface area contributed by atoms with Crippen molar-refractivity contribution in [2.24, 2.45) is 11.3 Å². The van der Waals surface area contributed by atoms with Crippen LogP contribution in [0.2, 0.25) is 0 Å². The number of hydrogen-bond donors (Lipinski definition) is 4. The van der Waals surface area contributed by atoms with Gasteiger partial charge >= 0.3 is 0 Å². The third kappa shape index (κ3) is 5.68. The number of aromatic nitrogens is 2. The van der Waals surface area contributed by atoms with Crippen LogP contribution in [0.3, 0.4) is 0 Å². The molecule has 7 heteroatoms. The van der Waals surface area contributed by atoms with Crippen molar-refractivity contribution >= 4 is 11.6 Å². The van der Waals surface area contributed by atoms with Crippen molar-refractivity contribution in [2.75, 3.05) is 30.5 Å². The van der Waals surface area contributed by atoms with Gasteiger partial charge in [0, 0.05) is 25.8 Å². The third-order valence-electron chi connectivity index (χ3n) is 2.89. The van der Waals surface area contributed by atoms with Gasteiger partial charge in [0.05, 0.1) is 0 Å². The van der Waals surface area contributed by atoms with Crippen molar-refractivity contribution in [3.8, 4) is 0 Å². The molecule has 0 atom stereocenters. The molecule has 114 valence electrons. The number of nitrogen functional groups attached to an aromatic ring is 1. The van der Waals surface area contributed by atoms with E-state index in [1.807, 2.05) is 6.92 Å². The molecule has 0 fully saturated rings.